The normalized spacial score (nSPS) is 28.1. The fourth-order valence-corrected chi connectivity index (χ4v) is 13.9. The van der Waals surface area contributed by atoms with Gasteiger partial charge in [0.1, 0.15) is 0 Å². The van der Waals surface area contributed by atoms with Gasteiger partial charge in [-0.3, -0.25) is 4.79 Å². The van der Waals surface area contributed by atoms with Crippen molar-refractivity contribution in [2.24, 2.45) is 5.41 Å². The van der Waals surface area contributed by atoms with Gasteiger partial charge in [0.25, 0.3) is 0 Å². The van der Waals surface area contributed by atoms with Crippen LogP contribution in [0.5, 0.6) is 0 Å². The SMILES string of the molecule is COC(=O)CCCC1(c2ccccc2)C23c4c5cc6c7c4c4c2c2c8c(cc9ccc%10cc(c7c7c%10c9c8c47)C6)CC2=CC13C5C. The predicted molar refractivity (Wildman–Crippen MR) is 185 cm³/mol. The first-order chi connectivity index (χ1) is 22.6. The summed E-state index contributed by atoms with van der Waals surface area (Å²) in [5, 5.41) is 18.5. The molecule has 2 nitrogen and oxygen atoms in total. The van der Waals surface area contributed by atoms with E-state index in [4.69, 9.17) is 4.74 Å². The maximum absolute atomic E-state index is 12.6. The number of carbonyl (C=O) groups excluding carboxylic acids is 1. The van der Waals surface area contributed by atoms with E-state index in [0.29, 0.717) is 12.3 Å². The van der Waals surface area contributed by atoms with Crippen molar-refractivity contribution >= 4 is 76.2 Å². The van der Waals surface area contributed by atoms with E-state index in [9.17, 15) is 4.79 Å². The van der Waals surface area contributed by atoms with Crippen LogP contribution in [0.1, 0.15) is 76.6 Å². The Morgan fingerprint density at radius 1 is 0.761 bits per heavy atom. The van der Waals surface area contributed by atoms with Gasteiger partial charge in [0.05, 0.1) is 7.11 Å². The number of methoxy groups -OCH3 is 1. The van der Waals surface area contributed by atoms with Crippen molar-refractivity contribution in [1.29, 1.82) is 0 Å². The Kier molecular flexibility index (Phi) is 3.12. The molecule has 0 bridgehead atoms. The number of ether oxygens (including phenoxy) is 1. The van der Waals surface area contributed by atoms with E-state index in [1.54, 1.807) is 76.5 Å². The first-order valence-corrected chi connectivity index (χ1v) is 17.2. The van der Waals surface area contributed by atoms with Crippen LogP contribution in [0.25, 0.3) is 70.2 Å². The summed E-state index contributed by atoms with van der Waals surface area (Å²) in [6.45, 7) is 2.55. The van der Waals surface area contributed by atoms with E-state index in [1.165, 1.54) is 45.3 Å². The van der Waals surface area contributed by atoms with Gasteiger partial charge in [-0.2, -0.15) is 0 Å². The molecular formula is C44H28O2. The number of esters is 1. The zero-order valence-corrected chi connectivity index (χ0v) is 25.8. The molecule has 1 saturated carbocycles. The number of rotatable bonds is 5. The number of carbonyl (C=O) groups is 1. The molecule has 8 aromatic rings. The minimum absolute atomic E-state index is 0.0474. The lowest BCUT2D eigenvalue weighted by atomic mass is 9.71. The highest BCUT2D eigenvalue weighted by Crippen LogP contribution is 2.95. The van der Waals surface area contributed by atoms with Crippen LogP contribution in [0.4, 0.5) is 0 Å². The monoisotopic (exact) mass is 588 g/mol. The second kappa shape index (κ2) is 6.32. The molecule has 0 aromatic heterocycles. The molecule has 0 radical (unpaired) electrons. The molecule has 2 heteroatoms. The van der Waals surface area contributed by atoms with Crippen LogP contribution in [0, 0.1) is 5.41 Å². The molecule has 4 atom stereocenters. The smallest absolute Gasteiger partial charge is 0.305 e. The lowest BCUT2D eigenvalue weighted by Crippen LogP contribution is -2.26. The summed E-state index contributed by atoms with van der Waals surface area (Å²) in [6, 6.07) is 24.1. The van der Waals surface area contributed by atoms with Crippen LogP contribution < -0.4 is 0 Å². The summed E-state index contributed by atoms with van der Waals surface area (Å²) in [4.78, 5) is 12.6. The Labute approximate surface area is 264 Å². The minimum Gasteiger partial charge on any atom is -0.469 e. The van der Waals surface area contributed by atoms with Crippen LogP contribution >= 0.6 is 0 Å². The average molecular weight is 589 g/mol. The zero-order chi connectivity index (χ0) is 29.8. The predicted octanol–water partition coefficient (Wildman–Crippen LogP) is 9.77. The third-order valence-electron chi connectivity index (χ3n) is 14.7. The Balaban J connectivity index is 1.27. The van der Waals surface area contributed by atoms with Crippen molar-refractivity contribution in [1.82, 2.24) is 0 Å². The minimum atomic E-state index is -0.106. The maximum Gasteiger partial charge on any atom is 0.305 e. The second-order valence-electron chi connectivity index (χ2n) is 15.6. The summed E-state index contributed by atoms with van der Waals surface area (Å²) < 4.78 is 5.18. The molecule has 0 saturated heterocycles. The van der Waals surface area contributed by atoms with Gasteiger partial charge in [-0.05, 0) is 146 Å². The molecule has 1 fully saturated rings. The lowest BCUT2D eigenvalue weighted by Gasteiger charge is -2.31. The highest BCUT2D eigenvalue weighted by Gasteiger charge is 2.93. The van der Waals surface area contributed by atoms with Crippen molar-refractivity contribution in [3.8, 4) is 0 Å². The van der Waals surface area contributed by atoms with Crippen molar-refractivity contribution in [3.63, 3.8) is 0 Å². The summed E-state index contributed by atoms with van der Waals surface area (Å²) in [5.74, 6) is 0.298. The van der Waals surface area contributed by atoms with Crippen LogP contribution in [-0.4, -0.2) is 13.1 Å². The van der Waals surface area contributed by atoms with Crippen LogP contribution in [0.2, 0.25) is 0 Å². The van der Waals surface area contributed by atoms with Gasteiger partial charge < -0.3 is 4.74 Å². The molecule has 8 aromatic carbocycles. The van der Waals surface area contributed by atoms with E-state index in [0.717, 1.165) is 25.7 Å². The number of allylic oxidation sites excluding steroid dienone is 2. The Bertz CT molecular complexity index is 2910. The molecule has 4 unspecified atom stereocenters. The van der Waals surface area contributed by atoms with E-state index in [1.807, 2.05) is 0 Å². The standard InChI is InChI=1S/C44H28O2/c1-19-27-17-24-15-22-13-20-10-11-21-14-23-16-25-18-43(19)42(12-6-9-28(45)46-2,26-7-4-3-5-8-26)44(43)40(27)38-32(24)31(22)35-29(20)30(21)36-33(23)34(25)41(44)39(38)37(35)36/h3-5,7-8,10-11,13-14,17-19H,6,9,12,15-16H2,1-2H3. The fraction of sp³-hybridized carbons (Fsp3) is 0.250. The van der Waals surface area contributed by atoms with Gasteiger partial charge >= 0.3 is 5.97 Å². The molecule has 0 N–H and O–H groups in total. The summed E-state index contributed by atoms with van der Waals surface area (Å²) in [6.07, 6.45) is 7.19. The topological polar surface area (TPSA) is 26.3 Å². The Morgan fingerprint density at radius 3 is 2.22 bits per heavy atom. The van der Waals surface area contributed by atoms with Crippen LogP contribution in [0.15, 0.2) is 66.7 Å². The van der Waals surface area contributed by atoms with Gasteiger partial charge in [0.2, 0.25) is 0 Å². The lowest BCUT2D eigenvalue weighted by molar-refractivity contribution is -0.140. The summed E-state index contributed by atoms with van der Waals surface area (Å²) in [7, 11) is 1.53. The number of benzene rings is 7. The van der Waals surface area contributed by atoms with Crippen LogP contribution in [-0.2, 0) is 33.2 Å². The van der Waals surface area contributed by atoms with Crippen molar-refractivity contribution in [3.05, 3.63) is 111 Å². The summed E-state index contributed by atoms with van der Waals surface area (Å²) in [5.41, 5.74) is 13.9. The molecule has 0 aliphatic heterocycles. The first-order valence-electron chi connectivity index (χ1n) is 17.2. The van der Waals surface area contributed by atoms with Gasteiger partial charge in [0.15, 0.2) is 0 Å². The van der Waals surface area contributed by atoms with Gasteiger partial charge in [0, 0.05) is 22.7 Å². The second-order valence-corrected chi connectivity index (χ2v) is 15.6. The highest BCUT2D eigenvalue weighted by molar-refractivity contribution is 6.52. The summed E-state index contributed by atoms with van der Waals surface area (Å²) >= 11 is 0. The molecular weight excluding hydrogens is 560 g/mol. The molecule has 46 heavy (non-hydrogen) atoms. The first kappa shape index (κ1) is 22.8. The number of hydrogen-bond acceptors (Lipinski definition) is 2. The molecule has 14 rings (SSSR count). The van der Waals surface area contributed by atoms with E-state index >= 15 is 0 Å². The fourth-order valence-electron chi connectivity index (χ4n) is 13.9. The van der Waals surface area contributed by atoms with Gasteiger partial charge in [-0.15, -0.1) is 0 Å². The van der Waals surface area contributed by atoms with Gasteiger partial charge in [-0.1, -0.05) is 73.7 Å². The van der Waals surface area contributed by atoms with E-state index in [-0.39, 0.29) is 22.2 Å². The van der Waals surface area contributed by atoms with Gasteiger partial charge in [-0.25, -0.2) is 0 Å². The highest BCUT2D eigenvalue weighted by atomic mass is 16.5. The quantitative estimate of drug-likeness (QED) is 0.148. The van der Waals surface area contributed by atoms with Crippen molar-refractivity contribution in [2.75, 3.05) is 7.11 Å². The number of hydrogen-bond donors (Lipinski definition) is 0. The van der Waals surface area contributed by atoms with Crippen molar-refractivity contribution in [2.45, 2.75) is 55.8 Å². The molecule has 1 spiro atoms. The third kappa shape index (κ3) is 1.72. The van der Waals surface area contributed by atoms with E-state index in [2.05, 4.69) is 73.7 Å². The largest absolute Gasteiger partial charge is 0.469 e. The Hall–Kier alpha value is -4.69. The molecule has 0 amide bonds. The van der Waals surface area contributed by atoms with Crippen molar-refractivity contribution < 1.29 is 9.53 Å². The zero-order valence-electron chi connectivity index (χ0n) is 25.8. The third-order valence-corrected chi connectivity index (χ3v) is 14.7. The molecule has 6 aliphatic rings. The molecule has 6 aliphatic carbocycles. The van der Waals surface area contributed by atoms with Crippen LogP contribution in [0.3, 0.4) is 0 Å². The average Bonchev–Trinajstić information content (AvgIpc) is 3.65. The molecule has 0 heterocycles. The van der Waals surface area contributed by atoms with E-state index < -0.39 is 0 Å². The maximum atomic E-state index is 12.6. The Morgan fingerprint density at radius 2 is 1.43 bits per heavy atom. The molecule has 216 valence electrons.